The number of H-pyrrole nitrogens is 1. The molecule has 0 bridgehead atoms. The van der Waals surface area contributed by atoms with Crippen LogP contribution >= 0.6 is 11.6 Å². The Bertz CT molecular complexity index is 962. The van der Waals surface area contributed by atoms with Crippen molar-refractivity contribution in [2.75, 3.05) is 0 Å². The van der Waals surface area contributed by atoms with Crippen LogP contribution in [0.4, 0.5) is 0 Å². The van der Waals surface area contributed by atoms with E-state index in [4.69, 9.17) is 16.3 Å². The number of ether oxygens (including phenoxy) is 1. The highest BCUT2D eigenvalue weighted by Gasteiger charge is 2.22. The third-order valence-corrected chi connectivity index (χ3v) is 4.13. The Balaban J connectivity index is 1.81. The Morgan fingerprint density at radius 1 is 1.17 bits per heavy atom. The minimum atomic E-state index is -0.184. The molecule has 0 fully saturated rings. The lowest BCUT2D eigenvalue weighted by molar-refractivity contribution is 0.438. The van der Waals surface area contributed by atoms with Crippen LogP contribution in [0.3, 0.4) is 0 Å². The van der Waals surface area contributed by atoms with Gasteiger partial charge in [-0.05, 0) is 25.1 Å². The first kappa shape index (κ1) is 14.0. The van der Waals surface area contributed by atoms with Gasteiger partial charge >= 0.3 is 0 Å². The monoisotopic (exact) mass is 324 g/mol. The van der Waals surface area contributed by atoms with Crippen molar-refractivity contribution in [3.63, 3.8) is 0 Å². The zero-order valence-corrected chi connectivity index (χ0v) is 13.1. The highest BCUT2D eigenvalue weighted by molar-refractivity contribution is 6.30. The maximum atomic E-state index is 12.4. The molecular weight excluding hydrogens is 312 g/mol. The minimum Gasteiger partial charge on any atom is -0.438 e. The van der Waals surface area contributed by atoms with Crippen LogP contribution in [0.5, 0.6) is 11.6 Å². The molecule has 3 aromatic rings. The van der Waals surface area contributed by atoms with Crippen LogP contribution in [0.2, 0.25) is 5.02 Å². The van der Waals surface area contributed by atoms with Gasteiger partial charge in [0.15, 0.2) is 0 Å². The summed E-state index contributed by atoms with van der Waals surface area (Å²) in [5.74, 6) is 1.56. The van der Waals surface area contributed by atoms with E-state index in [0.29, 0.717) is 34.5 Å². The Morgan fingerprint density at radius 2 is 1.96 bits per heavy atom. The molecule has 0 amide bonds. The van der Waals surface area contributed by atoms with Gasteiger partial charge in [0.05, 0.1) is 5.56 Å². The minimum absolute atomic E-state index is 0.184. The van der Waals surface area contributed by atoms with Gasteiger partial charge in [0, 0.05) is 22.6 Å². The molecule has 0 atom stereocenters. The van der Waals surface area contributed by atoms with Gasteiger partial charge in [-0.15, -0.1) is 0 Å². The number of benzene rings is 2. The quantitative estimate of drug-likeness (QED) is 0.573. The first-order chi connectivity index (χ1) is 11.1. The molecule has 4 rings (SSSR count). The summed E-state index contributed by atoms with van der Waals surface area (Å²) in [7, 11) is 0. The van der Waals surface area contributed by atoms with Crippen molar-refractivity contribution in [2.45, 2.75) is 13.3 Å². The summed E-state index contributed by atoms with van der Waals surface area (Å²) in [6.07, 6.45) is 0.460. The molecule has 1 aliphatic rings. The van der Waals surface area contributed by atoms with E-state index in [2.05, 4.69) is 9.97 Å². The molecule has 5 heteroatoms. The number of hydrogen-bond acceptors (Lipinski definition) is 3. The maximum absolute atomic E-state index is 12.4. The highest BCUT2D eigenvalue weighted by Crippen LogP contribution is 2.35. The summed E-state index contributed by atoms with van der Waals surface area (Å²) in [5, 5.41) is 0.622. The summed E-state index contributed by atoms with van der Waals surface area (Å²) in [4.78, 5) is 19.7. The van der Waals surface area contributed by atoms with Gasteiger partial charge in [-0.3, -0.25) is 4.79 Å². The average Bonchev–Trinajstić information content (AvgIpc) is 2.54. The van der Waals surface area contributed by atoms with E-state index in [1.807, 2.05) is 37.3 Å². The summed E-state index contributed by atoms with van der Waals surface area (Å²) in [6, 6.07) is 13.2. The molecule has 1 N–H and O–H groups in total. The molecule has 0 saturated carbocycles. The molecular formula is C18H13ClN2O2. The highest BCUT2D eigenvalue weighted by atomic mass is 35.5. The van der Waals surface area contributed by atoms with E-state index in [9.17, 15) is 4.79 Å². The number of aromatic nitrogens is 2. The molecule has 0 unspecified atom stereocenters. The van der Waals surface area contributed by atoms with E-state index < -0.39 is 0 Å². The van der Waals surface area contributed by atoms with Gasteiger partial charge in [-0.25, -0.2) is 0 Å². The lowest BCUT2D eigenvalue weighted by Gasteiger charge is -2.19. The van der Waals surface area contributed by atoms with Crippen molar-refractivity contribution >= 4 is 11.6 Å². The lowest BCUT2D eigenvalue weighted by atomic mass is 10.0. The predicted molar refractivity (Wildman–Crippen MR) is 89.4 cm³/mol. The van der Waals surface area contributed by atoms with Gasteiger partial charge in [0.25, 0.3) is 5.56 Å². The number of fused-ring (bicyclic) bond motifs is 2. The van der Waals surface area contributed by atoms with Crippen molar-refractivity contribution in [3.05, 3.63) is 74.5 Å². The summed E-state index contributed by atoms with van der Waals surface area (Å²) < 4.78 is 5.81. The molecule has 2 aromatic carbocycles. The molecule has 1 aromatic heterocycles. The molecule has 0 saturated heterocycles. The van der Waals surface area contributed by atoms with Crippen molar-refractivity contribution in [1.82, 2.24) is 9.97 Å². The van der Waals surface area contributed by atoms with E-state index >= 15 is 0 Å². The summed E-state index contributed by atoms with van der Waals surface area (Å²) in [6.45, 7) is 2.01. The summed E-state index contributed by atoms with van der Waals surface area (Å²) >= 11 is 6.00. The molecule has 0 radical (unpaired) electrons. The second kappa shape index (κ2) is 5.25. The second-order valence-corrected chi connectivity index (χ2v) is 6.03. The number of aryl methyl sites for hydroxylation is 1. The van der Waals surface area contributed by atoms with E-state index in [-0.39, 0.29) is 5.56 Å². The fraction of sp³-hybridized carbons (Fsp3) is 0.111. The van der Waals surface area contributed by atoms with Crippen LogP contribution in [0.15, 0.2) is 47.3 Å². The van der Waals surface area contributed by atoms with Crippen LogP contribution in [0.1, 0.15) is 16.7 Å². The van der Waals surface area contributed by atoms with Gasteiger partial charge in [-0.1, -0.05) is 41.4 Å². The van der Waals surface area contributed by atoms with Gasteiger partial charge in [-0.2, -0.15) is 4.98 Å². The average molecular weight is 325 g/mol. The Labute approximate surface area is 137 Å². The SMILES string of the molecule is Cc1ccc(-c2nc3c(c(=O)[nH]2)Cc2cc(Cl)ccc2O3)cc1. The normalized spacial score (nSPS) is 12.3. The molecule has 0 spiro atoms. The molecule has 4 nitrogen and oxygen atoms in total. The Kier molecular flexibility index (Phi) is 3.20. The van der Waals surface area contributed by atoms with Crippen LogP contribution < -0.4 is 10.3 Å². The van der Waals surface area contributed by atoms with E-state index in [0.717, 1.165) is 16.7 Å². The van der Waals surface area contributed by atoms with Crippen LogP contribution in [0, 0.1) is 6.92 Å². The van der Waals surface area contributed by atoms with Crippen molar-refractivity contribution in [2.24, 2.45) is 0 Å². The van der Waals surface area contributed by atoms with E-state index in [1.54, 1.807) is 12.1 Å². The largest absolute Gasteiger partial charge is 0.438 e. The maximum Gasteiger partial charge on any atom is 0.258 e. The smallest absolute Gasteiger partial charge is 0.258 e. The lowest BCUT2D eigenvalue weighted by Crippen LogP contribution is -2.20. The van der Waals surface area contributed by atoms with Gasteiger partial charge in [0.2, 0.25) is 5.88 Å². The number of hydrogen-bond donors (Lipinski definition) is 1. The van der Waals surface area contributed by atoms with Crippen LogP contribution in [-0.4, -0.2) is 9.97 Å². The third kappa shape index (κ3) is 2.51. The molecule has 23 heavy (non-hydrogen) atoms. The van der Waals surface area contributed by atoms with Crippen molar-refractivity contribution in [3.8, 4) is 23.0 Å². The second-order valence-electron chi connectivity index (χ2n) is 5.60. The van der Waals surface area contributed by atoms with Crippen LogP contribution in [-0.2, 0) is 6.42 Å². The first-order valence-electron chi connectivity index (χ1n) is 7.27. The first-order valence-corrected chi connectivity index (χ1v) is 7.64. The number of nitrogens with one attached hydrogen (secondary N) is 1. The van der Waals surface area contributed by atoms with Gasteiger partial charge < -0.3 is 9.72 Å². The standard InChI is InChI=1S/C18H13ClN2O2/c1-10-2-4-11(5-3-10)16-20-17(22)14-9-12-8-13(19)6-7-15(12)23-18(14)21-16/h2-8H,9H2,1H3,(H,20,21,22). The fourth-order valence-electron chi connectivity index (χ4n) is 2.65. The molecule has 114 valence electrons. The Hall–Kier alpha value is -2.59. The fourth-order valence-corrected chi connectivity index (χ4v) is 2.84. The van der Waals surface area contributed by atoms with Crippen molar-refractivity contribution < 1.29 is 4.74 Å². The zero-order valence-electron chi connectivity index (χ0n) is 12.4. The number of nitrogens with zero attached hydrogens (tertiary/aromatic N) is 1. The molecule has 0 aliphatic carbocycles. The van der Waals surface area contributed by atoms with Gasteiger partial charge in [0.1, 0.15) is 11.6 Å². The number of halogens is 1. The number of aromatic amines is 1. The predicted octanol–water partition coefficient (Wildman–Crippen LogP) is 4.10. The molecule has 1 aliphatic heterocycles. The van der Waals surface area contributed by atoms with E-state index in [1.165, 1.54) is 0 Å². The Morgan fingerprint density at radius 3 is 2.74 bits per heavy atom. The zero-order chi connectivity index (χ0) is 16.0. The van der Waals surface area contributed by atoms with Crippen molar-refractivity contribution in [1.29, 1.82) is 0 Å². The van der Waals surface area contributed by atoms with Crippen LogP contribution in [0.25, 0.3) is 11.4 Å². The third-order valence-electron chi connectivity index (χ3n) is 3.90. The summed E-state index contributed by atoms with van der Waals surface area (Å²) in [5.41, 5.74) is 3.23. The topological polar surface area (TPSA) is 55.0 Å². The number of rotatable bonds is 1. The molecule has 2 heterocycles.